The van der Waals surface area contributed by atoms with Crippen LogP contribution in [0.25, 0.3) is 11.1 Å². The van der Waals surface area contributed by atoms with E-state index in [2.05, 4.69) is 101 Å². The van der Waals surface area contributed by atoms with Gasteiger partial charge in [0, 0.05) is 38.4 Å². The second kappa shape index (κ2) is 14.4. The number of ether oxygens (including phenoxy) is 1. The molecule has 6 rings (SSSR count). The molecule has 3 nitrogen and oxygen atoms in total. The lowest BCUT2D eigenvalue weighted by Gasteiger charge is -2.36. The fraction of sp³-hybridized carbons (Fsp3) is 0.333. The molecule has 0 aromatic heterocycles. The monoisotopic (exact) mass is 556 g/mol. The molecule has 0 radical (unpaired) electrons. The number of anilines is 1. The molecule has 0 amide bonds. The van der Waals surface area contributed by atoms with E-state index in [4.69, 9.17) is 4.74 Å². The Morgan fingerprint density at radius 1 is 0.738 bits per heavy atom. The molecule has 2 aliphatic rings. The number of hydrogen-bond acceptors (Lipinski definition) is 3. The van der Waals surface area contributed by atoms with E-state index < -0.39 is 0 Å². The predicted molar refractivity (Wildman–Crippen MR) is 176 cm³/mol. The van der Waals surface area contributed by atoms with Gasteiger partial charge >= 0.3 is 0 Å². The van der Waals surface area contributed by atoms with Gasteiger partial charge in [0.25, 0.3) is 0 Å². The topological polar surface area (TPSA) is 15.7 Å². The quantitative estimate of drug-likeness (QED) is 0.136. The van der Waals surface area contributed by atoms with E-state index >= 15 is 0 Å². The van der Waals surface area contributed by atoms with Gasteiger partial charge in [0.1, 0.15) is 5.75 Å². The van der Waals surface area contributed by atoms with Crippen LogP contribution < -0.4 is 9.64 Å². The predicted octanol–water partition coefficient (Wildman–Crippen LogP) is 8.66. The number of allylic oxidation sites excluding steroid dienone is 2. The van der Waals surface area contributed by atoms with Crippen LogP contribution in [0.2, 0.25) is 0 Å². The largest absolute Gasteiger partial charge is 0.494 e. The first kappa shape index (κ1) is 28.3. The van der Waals surface area contributed by atoms with Crippen molar-refractivity contribution in [3.63, 3.8) is 0 Å². The molecule has 0 N–H and O–H groups in total. The summed E-state index contributed by atoms with van der Waals surface area (Å²) in [7, 11) is 0. The van der Waals surface area contributed by atoms with Gasteiger partial charge in [-0.15, -0.1) is 0 Å². The Bertz CT molecular complexity index is 1410. The summed E-state index contributed by atoms with van der Waals surface area (Å²) in [5.74, 6) is 2.38. The van der Waals surface area contributed by atoms with Crippen molar-refractivity contribution in [2.45, 2.75) is 38.6 Å². The second-order valence-corrected chi connectivity index (χ2v) is 12.0. The average molecular weight is 557 g/mol. The molecule has 1 heterocycles. The van der Waals surface area contributed by atoms with Gasteiger partial charge in [-0.3, -0.25) is 4.90 Å². The number of piperazine rings is 1. The molecule has 1 aliphatic heterocycles. The Labute approximate surface area is 252 Å². The van der Waals surface area contributed by atoms with Gasteiger partial charge < -0.3 is 9.64 Å². The third kappa shape index (κ3) is 7.72. The summed E-state index contributed by atoms with van der Waals surface area (Å²) in [6.45, 7) is 6.15. The standard InChI is InChI=1S/C39H44N2O/c1-3-16-35(17-4-1)39-22-8-7-18-36(39)31-40-23-25-41(26-24-40)37-19-10-14-34(30-37)29-33-13-9-12-32(28-33)15-11-27-42-38-20-5-2-6-21-38/h1-10,13-14,16-22,30,32-33H,11-12,15,23-29,31H2. The zero-order valence-electron chi connectivity index (χ0n) is 24.8. The third-order valence-electron chi connectivity index (χ3n) is 8.92. The summed E-state index contributed by atoms with van der Waals surface area (Å²) in [6, 6.07) is 39.2. The van der Waals surface area contributed by atoms with Crippen molar-refractivity contribution in [2.75, 3.05) is 37.7 Å². The molecule has 3 heteroatoms. The van der Waals surface area contributed by atoms with Crippen LogP contribution in [-0.4, -0.2) is 37.7 Å². The minimum Gasteiger partial charge on any atom is -0.494 e. The molecule has 0 bridgehead atoms. The highest BCUT2D eigenvalue weighted by Crippen LogP contribution is 2.31. The van der Waals surface area contributed by atoms with Crippen LogP contribution in [0.3, 0.4) is 0 Å². The first-order valence-corrected chi connectivity index (χ1v) is 15.8. The molecule has 1 fully saturated rings. The molecule has 216 valence electrons. The van der Waals surface area contributed by atoms with Gasteiger partial charge in [-0.2, -0.15) is 0 Å². The highest BCUT2D eigenvalue weighted by molar-refractivity contribution is 5.67. The molecule has 4 aromatic rings. The smallest absolute Gasteiger partial charge is 0.119 e. The molecule has 0 saturated carbocycles. The molecule has 1 saturated heterocycles. The lowest BCUT2D eigenvalue weighted by molar-refractivity contribution is 0.250. The van der Waals surface area contributed by atoms with Gasteiger partial charge in [0.2, 0.25) is 0 Å². The molecule has 2 atom stereocenters. The number of para-hydroxylation sites is 1. The second-order valence-electron chi connectivity index (χ2n) is 12.0. The Morgan fingerprint density at radius 2 is 1.50 bits per heavy atom. The van der Waals surface area contributed by atoms with E-state index in [1.165, 1.54) is 47.2 Å². The van der Waals surface area contributed by atoms with Crippen LogP contribution in [0.4, 0.5) is 5.69 Å². The van der Waals surface area contributed by atoms with E-state index in [9.17, 15) is 0 Å². The zero-order chi connectivity index (χ0) is 28.4. The van der Waals surface area contributed by atoms with Crippen LogP contribution in [0.15, 0.2) is 121 Å². The van der Waals surface area contributed by atoms with Crippen molar-refractivity contribution in [1.82, 2.24) is 4.90 Å². The summed E-state index contributed by atoms with van der Waals surface area (Å²) in [5.41, 5.74) is 6.93. The van der Waals surface area contributed by atoms with Crippen molar-refractivity contribution in [2.24, 2.45) is 11.8 Å². The van der Waals surface area contributed by atoms with Crippen molar-refractivity contribution in [1.29, 1.82) is 0 Å². The van der Waals surface area contributed by atoms with Crippen LogP contribution in [0.5, 0.6) is 5.75 Å². The normalized spacial score (nSPS) is 19.1. The Hall–Kier alpha value is -3.82. The molecular weight excluding hydrogens is 512 g/mol. The van der Waals surface area contributed by atoms with Gasteiger partial charge in [-0.25, -0.2) is 0 Å². The Balaban J connectivity index is 0.977. The number of hydrogen-bond donors (Lipinski definition) is 0. The van der Waals surface area contributed by atoms with Crippen LogP contribution in [0, 0.1) is 11.8 Å². The lowest BCUT2D eigenvalue weighted by atomic mass is 9.81. The molecule has 0 spiro atoms. The van der Waals surface area contributed by atoms with Gasteiger partial charge in [0.15, 0.2) is 0 Å². The Kier molecular flexibility index (Phi) is 9.69. The zero-order valence-corrected chi connectivity index (χ0v) is 24.8. The summed E-state index contributed by atoms with van der Waals surface area (Å²) in [6.07, 6.45) is 10.9. The average Bonchev–Trinajstić information content (AvgIpc) is 3.05. The van der Waals surface area contributed by atoms with E-state index in [1.807, 2.05) is 30.3 Å². The molecule has 4 aromatic carbocycles. The number of rotatable bonds is 11. The summed E-state index contributed by atoms with van der Waals surface area (Å²) >= 11 is 0. The SMILES string of the molecule is C1=CC(Cc2cccc(N3CCN(Cc4ccccc4-c4ccccc4)CC3)c2)CC(CCCOc2ccccc2)C1. The number of benzene rings is 4. The van der Waals surface area contributed by atoms with Crippen LogP contribution >= 0.6 is 0 Å². The number of nitrogens with zero attached hydrogens (tertiary/aromatic N) is 2. The highest BCUT2D eigenvalue weighted by Gasteiger charge is 2.21. The highest BCUT2D eigenvalue weighted by atomic mass is 16.5. The fourth-order valence-electron chi connectivity index (χ4n) is 6.68. The van der Waals surface area contributed by atoms with E-state index in [1.54, 1.807) is 0 Å². The minimum atomic E-state index is 0.635. The maximum absolute atomic E-state index is 5.92. The molecule has 42 heavy (non-hydrogen) atoms. The van der Waals surface area contributed by atoms with Crippen molar-refractivity contribution >= 4 is 5.69 Å². The molecular formula is C39H44N2O. The maximum atomic E-state index is 5.92. The maximum Gasteiger partial charge on any atom is 0.119 e. The summed E-state index contributed by atoms with van der Waals surface area (Å²) < 4.78 is 5.92. The van der Waals surface area contributed by atoms with E-state index in [-0.39, 0.29) is 0 Å². The van der Waals surface area contributed by atoms with Crippen LogP contribution in [-0.2, 0) is 13.0 Å². The van der Waals surface area contributed by atoms with E-state index in [0.717, 1.165) is 63.8 Å². The lowest BCUT2D eigenvalue weighted by Crippen LogP contribution is -2.46. The van der Waals surface area contributed by atoms with Crippen LogP contribution in [0.1, 0.15) is 36.8 Å². The van der Waals surface area contributed by atoms with Gasteiger partial charge in [-0.1, -0.05) is 97.1 Å². The van der Waals surface area contributed by atoms with Gasteiger partial charge in [-0.05, 0) is 90.5 Å². The fourth-order valence-corrected chi connectivity index (χ4v) is 6.68. The van der Waals surface area contributed by atoms with E-state index in [0.29, 0.717) is 5.92 Å². The first-order chi connectivity index (χ1) is 20.8. The van der Waals surface area contributed by atoms with Gasteiger partial charge in [0.05, 0.1) is 6.61 Å². The first-order valence-electron chi connectivity index (χ1n) is 15.8. The third-order valence-corrected chi connectivity index (χ3v) is 8.92. The van der Waals surface area contributed by atoms with Crippen molar-refractivity contribution in [3.05, 3.63) is 132 Å². The van der Waals surface area contributed by atoms with Crippen molar-refractivity contribution < 1.29 is 4.74 Å². The molecule has 2 unspecified atom stereocenters. The summed E-state index contributed by atoms with van der Waals surface area (Å²) in [5, 5.41) is 0. The minimum absolute atomic E-state index is 0.635. The molecule has 1 aliphatic carbocycles. The van der Waals surface area contributed by atoms with Crippen molar-refractivity contribution in [3.8, 4) is 16.9 Å². The Morgan fingerprint density at radius 3 is 2.33 bits per heavy atom. The summed E-state index contributed by atoms with van der Waals surface area (Å²) in [4.78, 5) is 5.19.